The van der Waals surface area contributed by atoms with Crippen LogP contribution in [-0.2, 0) is 4.79 Å². The Bertz CT molecular complexity index is 169. The van der Waals surface area contributed by atoms with Crippen LogP contribution in [-0.4, -0.2) is 22.9 Å². The Hall–Kier alpha value is -0.530. The second kappa shape index (κ2) is 4.64. The van der Waals surface area contributed by atoms with E-state index in [2.05, 4.69) is 25.7 Å². The van der Waals surface area contributed by atoms with Crippen molar-refractivity contribution in [2.75, 3.05) is 0 Å². The average Bonchev–Trinajstić information content (AvgIpc) is 2.04. The fourth-order valence-electron chi connectivity index (χ4n) is 2.26. The lowest BCUT2D eigenvalue weighted by Gasteiger charge is -2.39. The SMILES string of the molecule is CCCC(=O)N1C(C)CCCC1C. The van der Waals surface area contributed by atoms with Gasteiger partial charge >= 0.3 is 0 Å². The Labute approximate surface area is 81.3 Å². The molecule has 2 unspecified atom stereocenters. The summed E-state index contributed by atoms with van der Waals surface area (Å²) in [5.74, 6) is 0.349. The highest BCUT2D eigenvalue weighted by molar-refractivity contribution is 5.76. The van der Waals surface area contributed by atoms with Crippen molar-refractivity contribution in [3.63, 3.8) is 0 Å². The molecule has 1 heterocycles. The Balaban J connectivity index is 2.57. The molecule has 2 nitrogen and oxygen atoms in total. The Morgan fingerprint density at radius 1 is 1.31 bits per heavy atom. The summed E-state index contributed by atoms with van der Waals surface area (Å²) in [6.45, 7) is 6.41. The fourth-order valence-corrected chi connectivity index (χ4v) is 2.26. The zero-order valence-electron chi connectivity index (χ0n) is 9.05. The summed E-state index contributed by atoms with van der Waals surface area (Å²) in [4.78, 5) is 13.8. The van der Waals surface area contributed by atoms with Crippen LogP contribution in [0.3, 0.4) is 0 Å². The topological polar surface area (TPSA) is 20.3 Å². The molecule has 2 atom stereocenters. The van der Waals surface area contributed by atoms with Gasteiger partial charge in [0, 0.05) is 18.5 Å². The van der Waals surface area contributed by atoms with Gasteiger partial charge in [0.2, 0.25) is 5.91 Å². The standard InChI is InChI=1S/C11H21NO/c1-4-6-11(13)12-9(2)7-5-8-10(12)3/h9-10H,4-8H2,1-3H3. The van der Waals surface area contributed by atoms with Gasteiger partial charge in [0.05, 0.1) is 0 Å². The molecule has 0 aromatic carbocycles. The van der Waals surface area contributed by atoms with Crippen LogP contribution in [0.15, 0.2) is 0 Å². The van der Waals surface area contributed by atoms with E-state index in [4.69, 9.17) is 0 Å². The van der Waals surface area contributed by atoms with Crippen molar-refractivity contribution in [2.45, 2.75) is 65.0 Å². The normalized spacial score (nSPS) is 29.0. The summed E-state index contributed by atoms with van der Waals surface area (Å²) >= 11 is 0. The van der Waals surface area contributed by atoms with Crippen molar-refractivity contribution < 1.29 is 4.79 Å². The van der Waals surface area contributed by atoms with Gasteiger partial charge < -0.3 is 4.90 Å². The maximum absolute atomic E-state index is 11.7. The fraction of sp³-hybridized carbons (Fsp3) is 0.909. The molecular weight excluding hydrogens is 162 g/mol. The van der Waals surface area contributed by atoms with Crippen molar-refractivity contribution in [1.29, 1.82) is 0 Å². The van der Waals surface area contributed by atoms with Crippen molar-refractivity contribution >= 4 is 5.91 Å². The summed E-state index contributed by atoms with van der Waals surface area (Å²) < 4.78 is 0. The number of nitrogens with zero attached hydrogens (tertiary/aromatic N) is 1. The van der Waals surface area contributed by atoms with Crippen LogP contribution in [0.25, 0.3) is 0 Å². The first-order chi connectivity index (χ1) is 6.16. The number of likely N-dealkylation sites (tertiary alicyclic amines) is 1. The van der Waals surface area contributed by atoms with E-state index in [9.17, 15) is 4.79 Å². The number of amides is 1. The van der Waals surface area contributed by atoms with Crippen molar-refractivity contribution in [3.05, 3.63) is 0 Å². The molecule has 1 amide bonds. The lowest BCUT2D eigenvalue weighted by molar-refractivity contribution is -0.137. The molecule has 0 bridgehead atoms. The van der Waals surface area contributed by atoms with E-state index in [0.717, 1.165) is 6.42 Å². The number of rotatable bonds is 2. The second-order valence-electron chi connectivity index (χ2n) is 4.18. The van der Waals surface area contributed by atoms with Crippen LogP contribution in [0.1, 0.15) is 52.9 Å². The molecule has 1 fully saturated rings. The first-order valence-corrected chi connectivity index (χ1v) is 5.48. The van der Waals surface area contributed by atoms with Gasteiger partial charge in [0.1, 0.15) is 0 Å². The van der Waals surface area contributed by atoms with Crippen molar-refractivity contribution in [3.8, 4) is 0 Å². The molecule has 1 rings (SSSR count). The van der Waals surface area contributed by atoms with Crippen LogP contribution in [0.4, 0.5) is 0 Å². The van der Waals surface area contributed by atoms with Crippen molar-refractivity contribution in [2.24, 2.45) is 0 Å². The first kappa shape index (κ1) is 10.6. The van der Waals surface area contributed by atoms with E-state index in [1.165, 1.54) is 19.3 Å². The van der Waals surface area contributed by atoms with E-state index >= 15 is 0 Å². The number of hydrogen-bond donors (Lipinski definition) is 0. The smallest absolute Gasteiger partial charge is 0.223 e. The maximum Gasteiger partial charge on any atom is 0.223 e. The molecule has 1 aliphatic rings. The van der Waals surface area contributed by atoms with E-state index in [0.29, 0.717) is 24.4 Å². The predicted molar refractivity (Wildman–Crippen MR) is 54.5 cm³/mol. The van der Waals surface area contributed by atoms with Gasteiger partial charge in [-0.15, -0.1) is 0 Å². The molecule has 0 aromatic heterocycles. The Morgan fingerprint density at radius 2 is 1.85 bits per heavy atom. The molecule has 13 heavy (non-hydrogen) atoms. The van der Waals surface area contributed by atoms with E-state index in [-0.39, 0.29) is 0 Å². The lowest BCUT2D eigenvalue weighted by atomic mass is 9.97. The first-order valence-electron chi connectivity index (χ1n) is 5.48. The molecule has 0 aromatic rings. The van der Waals surface area contributed by atoms with E-state index in [1.54, 1.807) is 0 Å². The maximum atomic E-state index is 11.7. The molecule has 1 saturated heterocycles. The van der Waals surface area contributed by atoms with Gasteiger partial charge in [-0.1, -0.05) is 6.92 Å². The summed E-state index contributed by atoms with van der Waals surface area (Å²) in [6, 6.07) is 0.922. The summed E-state index contributed by atoms with van der Waals surface area (Å²) in [6.07, 6.45) is 5.32. The highest BCUT2D eigenvalue weighted by Gasteiger charge is 2.27. The lowest BCUT2D eigenvalue weighted by Crippen LogP contribution is -2.47. The minimum Gasteiger partial charge on any atom is -0.337 e. The van der Waals surface area contributed by atoms with Gasteiger partial charge in [-0.25, -0.2) is 0 Å². The summed E-state index contributed by atoms with van der Waals surface area (Å²) in [7, 11) is 0. The van der Waals surface area contributed by atoms with Gasteiger partial charge in [-0.3, -0.25) is 4.79 Å². The van der Waals surface area contributed by atoms with E-state index in [1.807, 2.05) is 0 Å². The van der Waals surface area contributed by atoms with Crippen molar-refractivity contribution in [1.82, 2.24) is 4.90 Å². The molecule has 0 aliphatic carbocycles. The molecule has 76 valence electrons. The van der Waals surface area contributed by atoms with Crippen LogP contribution in [0, 0.1) is 0 Å². The zero-order chi connectivity index (χ0) is 9.84. The third-order valence-corrected chi connectivity index (χ3v) is 2.95. The molecule has 0 spiro atoms. The highest BCUT2D eigenvalue weighted by atomic mass is 16.2. The zero-order valence-corrected chi connectivity index (χ0v) is 9.05. The Kier molecular flexibility index (Phi) is 3.76. The third-order valence-electron chi connectivity index (χ3n) is 2.95. The minimum atomic E-state index is 0.349. The van der Waals surface area contributed by atoms with Gasteiger partial charge in [-0.2, -0.15) is 0 Å². The quantitative estimate of drug-likeness (QED) is 0.644. The predicted octanol–water partition coefficient (Wildman–Crippen LogP) is 2.58. The largest absolute Gasteiger partial charge is 0.337 e. The van der Waals surface area contributed by atoms with Gasteiger partial charge in [0.25, 0.3) is 0 Å². The molecule has 0 radical (unpaired) electrons. The number of piperidine rings is 1. The van der Waals surface area contributed by atoms with Crippen LogP contribution < -0.4 is 0 Å². The van der Waals surface area contributed by atoms with Crippen LogP contribution in [0.5, 0.6) is 0 Å². The average molecular weight is 183 g/mol. The summed E-state index contributed by atoms with van der Waals surface area (Å²) in [5.41, 5.74) is 0. The molecule has 2 heteroatoms. The summed E-state index contributed by atoms with van der Waals surface area (Å²) in [5, 5.41) is 0. The highest BCUT2D eigenvalue weighted by Crippen LogP contribution is 2.23. The molecule has 1 aliphatic heterocycles. The molecule has 0 N–H and O–H groups in total. The van der Waals surface area contributed by atoms with Crippen LogP contribution >= 0.6 is 0 Å². The Morgan fingerprint density at radius 3 is 2.31 bits per heavy atom. The number of hydrogen-bond acceptors (Lipinski definition) is 1. The second-order valence-corrected chi connectivity index (χ2v) is 4.18. The number of carbonyl (C=O) groups excluding carboxylic acids is 1. The van der Waals surface area contributed by atoms with Gasteiger partial charge in [-0.05, 0) is 39.5 Å². The number of carbonyl (C=O) groups is 1. The minimum absolute atomic E-state index is 0.349. The monoisotopic (exact) mass is 183 g/mol. The van der Waals surface area contributed by atoms with Gasteiger partial charge in [0.15, 0.2) is 0 Å². The molecular formula is C11H21NO. The van der Waals surface area contributed by atoms with E-state index < -0.39 is 0 Å². The molecule has 0 saturated carbocycles. The third kappa shape index (κ3) is 2.45. The van der Waals surface area contributed by atoms with Crippen LogP contribution in [0.2, 0.25) is 0 Å².